The van der Waals surface area contributed by atoms with E-state index in [0.29, 0.717) is 25.1 Å². The van der Waals surface area contributed by atoms with E-state index >= 15 is 0 Å². The summed E-state index contributed by atoms with van der Waals surface area (Å²) in [6.07, 6.45) is 0.599. The lowest BCUT2D eigenvalue weighted by Crippen LogP contribution is -2.25. The van der Waals surface area contributed by atoms with Crippen LogP contribution in [0, 0.1) is 12.8 Å². The van der Waals surface area contributed by atoms with Crippen LogP contribution in [-0.4, -0.2) is 30.1 Å². The molecule has 1 fully saturated rings. The Hall–Kier alpha value is -2.04. The first-order valence-corrected chi connectivity index (χ1v) is 5.87. The van der Waals surface area contributed by atoms with Gasteiger partial charge < -0.3 is 15.7 Å². The van der Waals surface area contributed by atoms with Gasteiger partial charge in [-0.2, -0.15) is 0 Å². The van der Waals surface area contributed by atoms with Gasteiger partial charge in [-0.3, -0.25) is 9.59 Å². The SMILES string of the molecule is Cc1ccc(C(N)=O)c(N2CCC(C(=O)O)C2)c1. The third-order valence-corrected chi connectivity index (χ3v) is 3.30. The van der Waals surface area contributed by atoms with Crippen LogP contribution >= 0.6 is 0 Å². The Morgan fingerprint density at radius 1 is 1.44 bits per heavy atom. The van der Waals surface area contributed by atoms with Crippen molar-refractivity contribution in [2.45, 2.75) is 13.3 Å². The van der Waals surface area contributed by atoms with Gasteiger partial charge in [0.2, 0.25) is 0 Å². The van der Waals surface area contributed by atoms with Crippen LogP contribution in [0.2, 0.25) is 0 Å². The predicted molar refractivity (Wildman–Crippen MR) is 67.7 cm³/mol. The lowest BCUT2D eigenvalue weighted by Gasteiger charge is -2.21. The molecule has 18 heavy (non-hydrogen) atoms. The van der Waals surface area contributed by atoms with Crippen molar-refractivity contribution in [3.05, 3.63) is 29.3 Å². The first-order chi connectivity index (χ1) is 8.49. The first-order valence-electron chi connectivity index (χ1n) is 5.87. The number of nitrogens with zero attached hydrogens (tertiary/aromatic N) is 1. The summed E-state index contributed by atoms with van der Waals surface area (Å²) in [4.78, 5) is 24.3. The second-order valence-electron chi connectivity index (χ2n) is 4.65. The number of carbonyl (C=O) groups is 2. The molecule has 0 saturated carbocycles. The number of nitrogens with two attached hydrogens (primary N) is 1. The highest BCUT2D eigenvalue weighted by molar-refractivity contribution is 5.99. The molecule has 2 rings (SSSR count). The van der Waals surface area contributed by atoms with E-state index in [-0.39, 0.29) is 5.92 Å². The minimum Gasteiger partial charge on any atom is -0.481 e. The standard InChI is InChI=1S/C13H16N2O3/c1-8-2-3-10(12(14)16)11(6-8)15-5-4-9(7-15)13(17)18/h2-3,6,9H,4-5,7H2,1H3,(H2,14,16)(H,17,18). The van der Waals surface area contributed by atoms with Crippen LogP contribution in [0.25, 0.3) is 0 Å². The van der Waals surface area contributed by atoms with Crippen LogP contribution in [0.4, 0.5) is 5.69 Å². The van der Waals surface area contributed by atoms with Gasteiger partial charge in [0.05, 0.1) is 11.5 Å². The second-order valence-corrected chi connectivity index (χ2v) is 4.65. The van der Waals surface area contributed by atoms with Crippen molar-refractivity contribution in [2.24, 2.45) is 11.7 Å². The summed E-state index contributed by atoms with van der Waals surface area (Å²) in [6.45, 7) is 3.00. The Morgan fingerprint density at radius 2 is 2.17 bits per heavy atom. The third-order valence-electron chi connectivity index (χ3n) is 3.30. The monoisotopic (exact) mass is 248 g/mol. The summed E-state index contributed by atoms with van der Waals surface area (Å²) in [5.74, 6) is -1.64. The van der Waals surface area contributed by atoms with E-state index in [0.717, 1.165) is 11.3 Å². The molecule has 1 unspecified atom stereocenters. The summed E-state index contributed by atoms with van der Waals surface area (Å²) in [5.41, 5.74) is 7.56. The quantitative estimate of drug-likeness (QED) is 0.836. The van der Waals surface area contributed by atoms with Gasteiger partial charge >= 0.3 is 5.97 Å². The van der Waals surface area contributed by atoms with Gasteiger partial charge in [0.15, 0.2) is 0 Å². The van der Waals surface area contributed by atoms with E-state index in [2.05, 4.69) is 0 Å². The van der Waals surface area contributed by atoms with E-state index in [1.807, 2.05) is 24.0 Å². The average Bonchev–Trinajstić information content (AvgIpc) is 2.77. The average molecular weight is 248 g/mol. The molecule has 1 aliphatic heterocycles. The molecule has 0 radical (unpaired) electrons. The van der Waals surface area contributed by atoms with Crippen molar-refractivity contribution in [3.8, 4) is 0 Å². The highest BCUT2D eigenvalue weighted by Gasteiger charge is 2.29. The van der Waals surface area contributed by atoms with E-state index in [1.54, 1.807) is 6.07 Å². The fraction of sp³-hybridized carbons (Fsp3) is 0.385. The van der Waals surface area contributed by atoms with Crippen LogP contribution < -0.4 is 10.6 Å². The number of aryl methyl sites for hydroxylation is 1. The Bertz CT molecular complexity index is 499. The van der Waals surface area contributed by atoms with Gasteiger partial charge in [-0.15, -0.1) is 0 Å². The Labute approximate surface area is 105 Å². The fourth-order valence-corrected chi connectivity index (χ4v) is 2.29. The molecule has 5 nitrogen and oxygen atoms in total. The molecule has 0 bridgehead atoms. The van der Waals surface area contributed by atoms with Gasteiger partial charge in [0.25, 0.3) is 5.91 Å². The molecular weight excluding hydrogens is 232 g/mol. The minimum absolute atomic E-state index is 0.369. The Balaban J connectivity index is 2.31. The molecule has 1 aromatic rings. The summed E-state index contributed by atoms with van der Waals surface area (Å²) in [5, 5.41) is 8.99. The van der Waals surface area contributed by atoms with Crippen LogP contribution in [-0.2, 0) is 4.79 Å². The molecule has 96 valence electrons. The van der Waals surface area contributed by atoms with Gasteiger partial charge in [0, 0.05) is 18.8 Å². The number of hydrogen-bond acceptors (Lipinski definition) is 3. The van der Waals surface area contributed by atoms with E-state index in [9.17, 15) is 9.59 Å². The lowest BCUT2D eigenvalue weighted by molar-refractivity contribution is -0.140. The number of carbonyl (C=O) groups excluding carboxylic acids is 1. The number of carboxylic acids is 1. The van der Waals surface area contributed by atoms with Gasteiger partial charge in [-0.1, -0.05) is 6.07 Å². The normalized spacial score (nSPS) is 18.9. The van der Waals surface area contributed by atoms with Crippen LogP contribution in [0.5, 0.6) is 0 Å². The molecule has 1 amide bonds. The maximum absolute atomic E-state index is 11.4. The molecular formula is C13H16N2O3. The molecule has 1 heterocycles. The molecule has 5 heteroatoms. The zero-order chi connectivity index (χ0) is 13.3. The predicted octanol–water partition coefficient (Wildman–Crippen LogP) is 1.00. The van der Waals surface area contributed by atoms with Crippen molar-refractivity contribution in [2.75, 3.05) is 18.0 Å². The third kappa shape index (κ3) is 2.30. The van der Waals surface area contributed by atoms with Crippen LogP contribution in [0.3, 0.4) is 0 Å². The molecule has 0 aromatic heterocycles. The molecule has 3 N–H and O–H groups in total. The Kier molecular flexibility index (Phi) is 3.23. The molecule has 1 saturated heterocycles. The largest absolute Gasteiger partial charge is 0.481 e. The van der Waals surface area contributed by atoms with Crippen molar-refractivity contribution >= 4 is 17.6 Å². The van der Waals surface area contributed by atoms with Gasteiger partial charge in [0.1, 0.15) is 0 Å². The number of carboxylic acid groups (broad SMARTS) is 1. The summed E-state index contributed by atoms with van der Waals surface area (Å²) < 4.78 is 0. The van der Waals surface area contributed by atoms with Crippen molar-refractivity contribution in [1.82, 2.24) is 0 Å². The number of amides is 1. The zero-order valence-corrected chi connectivity index (χ0v) is 10.2. The summed E-state index contributed by atoms with van der Waals surface area (Å²) in [6, 6.07) is 5.40. The molecule has 0 spiro atoms. The second kappa shape index (κ2) is 4.68. The smallest absolute Gasteiger partial charge is 0.308 e. The maximum Gasteiger partial charge on any atom is 0.308 e. The van der Waals surface area contributed by atoms with Crippen molar-refractivity contribution < 1.29 is 14.7 Å². The van der Waals surface area contributed by atoms with Crippen molar-refractivity contribution in [3.63, 3.8) is 0 Å². The number of rotatable bonds is 3. The fourth-order valence-electron chi connectivity index (χ4n) is 2.29. The lowest BCUT2D eigenvalue weighted by atomic mass is 10.1. The van der Waals surface area contributed by atoms with E-state index < -0.39 is 11.9 Å². The number of hydrogen-bond donors (Lipinski definition) is 2. The number of anilines is 1. The van der Waals surface area contributed by atoms with Crippen LogP contribution in [0.15, 0.2) is 18.2 Å². The highest BCUT2D eigenvalue weighted by Crippen LogP contribution is 2.28. The molecule has 1 atom stereocenters. The van der Waals surface area contributed by atoms with Crippen molar-refractivity contribution in [1.29, 1.82) is 0 Å². The number of benzene rings is 1. The van der Waals surface area contributed by atoms with E-state index in [1.165, 1.54) is 0 Å². The molecule has 0 aliphatic carbocycles. The molecule has 1 aliphatic rings. The van der Waals surface area contributed by atoms with Gasteiger partial charge in [-0.25, -0.2) is 0 Å². The minimum atomic E-state index is -0.786. The zero-order valence-electron chi connectivity index (χ0n) is 10.2. The summed E-state index contributed by atoms with van der Waals surface area (Å²) >= 11 is 0. The van der Waals surface area contributed by atoms with E-state index in [4.69, 9.17) is 10.8 Å². The maximum atomic E-state index is 11.4. The topological polar surface area (TPSA) is 83.6 Å². The summed E-state index contributed by atoms with van der Waals surface area (Å²) in [7, 11) is 0. The highest BCUT2D eigenvalue weighted by atomic mass is 16.4. The molecule has 1 aromatic carbocycles. The Morgan fingerprint density at radius 3 is 2.72 bits per heavy atom. The van der Waals surface area contributed by atoms with Crippen LogP contribution in [0.1, 0.15) is 22.3 Å². The number of aliphatic carboxylic acids is 1. The van der Waals surface area contributed by atoms with Gasteiger partial charge in [-0.05, 0) is 31.0 Å². The number of primary amides is 1. The first kappa shape index (κ1) is 12.4.